The fraction of sp³-hybridized carbons (Fsp3) is 0.267. The first-order valence-electron chi connectivity index (χ1n) is 6.07. The molecular formula is C15H17NO3. The Bertz CT molecular complexity index is 593. The minimum absolute atomic E-state index is 0.00812. The second-order valence-corrected chi connectivity index (χ2v) is 5.39. The van der Waals surface area contributed by atoms with Crippen molar-refractivity contribution in [1.29, 1.82) is 0 Å². The molecule has 0 aliphatic heterocycles. The topological polar surface area (TPSA) is 62.5 Å². The number of carboxylic acids is 1. The number of carboxylic acid groups (broad SMARTS) is 1. The number of carbonyl (C=O) groups is 1. The van der Waals surface area contributed by atoms with E-state index in [1.807, 2.05) is 24.3 Å². The number of anilines is 2. The lowest BCUT2D eigenvalue weighted by atomic mass is 9.86. The van der Waals surface area contributed by atoms with Crippen molar-refractivity contribution >= 4 is 17.5 Å². The van der Waals surface area contributed by atoms with Crippen LogP contribution in [0, 0.1) is 0 Å². The molecule has 0 amide bonds. The maximum absolute atomic E-state index is 10.8. The Labute approximate surface area is 112 Å². The number of rotatable bonds is 3. The molecule has 0 saturated carbocycles. The molecule has 0 fully saturated rings. The van der Waals surface area contributed by atoms with E-state index in [0.717, 1.165) is 11.3 Å². The van der Waals surface area contributed by atoms with Crippen LogP contribution in [0.3, 0.4) is 0 Å². The maximum Gasteiger partial charge on any atom is 0.371 e. The summed E-state index contributed by atoms with van der Waals surface area (Å²) in [5.41, 5.74) is 2.05. The van der Waals surface area contributed by atoms with Crippen molar-refractivity contribution in [3.63, 3.8) is 0 Å². The molecule has 2 rings (SSSR count). The van der Waals surface area contributed by atoms with Gasteiger partial charge in [0.2, 0.25) is 5.76 Å². The van der Waals surface area contributed by atoms with E-state index in [-0.39, 0.29) is 11.2 Å². The van der Waals surface area contributed by atoms with Crippen LogP contribution >= 0.6 is 0 Å². The van der Waals surface area contributed by atoms with Gasteiger partial charge in [-0.25, -0.2) is 4.79 Å². The molecule has 0 aliphatic carbocycles. The molecule has 2 N–H and O–H groups in total. The predicted molar refractivity (Wildman–Crippen MR) is 74.1 cm³/mol. The molecule has 0 spiro atoms. The van der Waals surface area contributed by atoms with Crippen molar-refractivity contribution in [2.75, 3.05) is 5.32 Å². The second kappa shape index (κ2) is 4.80. The zero-order chi connectivity index (χ0) is 14.0. The van der Waals surface area contributed by atoms with Gasteiger partial charge in [0.15, 0.2) is 5.88 Å². The molecular weight excluding hydrogens is 242 g/mol. The average molecular weight is 259 g/mol. The highest BCUT2D eigenvalue weighted by molar-refractivity contribution is 5.85. The number of hydrogen-bond donors (Lipinski definition) is 2. The van der Waals surface area contributed by atoms with Crippen LogP contribution in [-0.4, -0.2) is 11.1 Å². The van der Waals surface area contributed by atoms with E-state index in [1.165, 1.54) is 6.07 Å². The Hall–Kier alpha value is -2.23. The number of nitrogens with one attached hydrogen (secondary N) is 1. The fourth-order valence-electron chi connectivity index (χ4n) is 1.90. The molecule has 0 saturated heterocycles. The molecule has 2 aromatic rings. The van der Waals surface area contributed by atoms with Crippen molar-refractivity contribution in [2.24, 2.45) is 0 Å². The van der Waals surface area contributed by atoms with Crippen molar-refractivity contribution in [1.82, 2.24) is 0 Å². The molecule has 4 nitrogen and oxygen atoms in total. The first-order chi connectivity index (χ1) is 8.88. The van der Waals surface area contributed by atoms with E-state index >= 15 is 0 Å². The minimum Gasteiger partial charge on any atom is -0.475 e. The van der Waals surface area contributed by atoms with Crippen LogP contribution in [0.5, 0.6) is 0 Å². The van der Waals surface area contributed by atoms with Gasteiger partial charge in [0.1, 0.15) is 0 Å². The van der Waals surface area contributed by atoms with Gasteiger partial charge in [0.05, 0.1) is 0 Å². The van der Waals surface area contributed by atoms with Crippen LogP contribution in [0.2, 0.25) is 0 Å². The van der Waals surface area contributed by atoms with Crippen molar-refractivity contribution in [2.45, 2.75) is 26.2 Å². The Morgan fingerprint density at radius 1 is 1.16 bits per heavy atom. The standard InChI is InChI=1S/C15H17NO3/c1-15(2,3)10-6-4-5-7-11(10)16-13-9-8-12(19-13)14(17)18/h4-9,16H,1-3H3,(H,17,18). The minimum atomic E-state index is -1.07. The monoisotopic (exact) mass is 259 g/mol. The normalized spacial score (nSPS) is 11.3. The highest BCUT2D eigenvalue weighted by Crippen LogP contribution is 2.31. The molecule has 100 valence electrons. The van der Waals surface area contributed by atoms with E-state index in [0.29, 0.717) is 5.88 Å². The van der Waals surface area contributed by atoms with Crippen molar-refractivity contribution < 1.29 is 14.3 Å². The van der Waals surface area contributed by atoms with Gasteiger partial charge in [-0.05, 0) is 23.1 Å². The summed E-state index contributed by atoms with van der Waals surface area (Å²) in [6, 6.07) is 11.0. The van der Waals surface area contributed by atoms with Crippen LogP contribution in [0.15, 0.2) is 40.8 Å². The van der Waals surface area contributed by atoms with E-state index in [4.69, 9.17) is 9.52 Å². The number of aromatic carboxylic acids is 1. The van der Waals surface area contributed by atoms with Crippen LogP contribution < -0.4 is 5.32 Å². The molecule has 0 radical (unpaired) electrons. The van der Waals surface area contributed by atoms with E-state index < -0.39 is 5.97 Å². The van der Waals surface area contributed by atoms with Gasteiger partial charge in [0.25, 0.3) is 0 Å². The summed E-state index contributed by atoms with van der Waals surface area (Å²) in [6.45, 7) is 6.37. The number of benzene rings is 1. The van der Waals surface area contributed by atoms with Gasteiger partial charge in [0, 0.05) is 11.8 Å². The average Bonchev–Trinajstić information content (AvgIpc) is 2.77. The molecule has 1 aromatic carbocycles. The quantitative estimate of drug-likeness (QED) is 0.873. The Morgan fingerprint density at radius 3 is 2.42 bits per heavy atom. The summed E-state index contributed by atoms with van der Waals surface area (Å²) in [4.78, 5) is 10.8. The molecule has 19 heavy (non-hydrogen) atoms. The summed E-state index contributed by atoms with van der Waals surface area (Å²) in [7, 11) is 0. The number of hydrogen-bond acceptors (Lipinski definition) is 3. The van der Waals surface area contributed by atoms with Gasteiger partial charge in [-0.1, -0.05) is 39.0 Å². The largest absolute Gasteiger partial charge is 0.475 e. The van der Waals surface area contributed by atoms with E-state index in [1.54, 1.807) is 6.07 Å². The SMILES string of the molecule is CC(C)(C)c1ccccc1Nc1ccc(C(=O)O)o1. The van der Waals surface area contributed by atoms with Gasteiger partial charge < -0.3 is 14.8 Å². The molecule has 0 aliphatic rings. The first-order valence-corrected chi connectivity index (χ1v) is 6.07. The van der Waals surface area contributed by atoms with Crippen LogP contribution in [0.1, 0.15) is 36.9 Å². The highest BCUT2D eigenvalue weighted by Gasteiger charge is 2.18. The summed E-state index contributed by atoms with van der Waals surface area (Å²) in [5, 5.41) is 12.0. The van der Waals surface area contributed by atoms with Gasteiger partial charge in [-0.3, -0.25) is 0 Å². The highest BCUT2D eigenvalue weighted by atomic mass is 16.4. The van der Waals surface area contributed by atoms with E-state index in [9.17, 15) is 4.79 Å². The zero-order valence-corrected chi connectivity index (χ0v) is 11.2. The summed E-state index contributed by atoms with van der Waals surface area (Å²) in [5.74, 6) is -0.720. The second-order valence-electron chi connectivity index (χ2n) is 5.39. The third kappa shape index (κ3) is 2.96. The number of furan rings is 1. The molecule has 0 unspecified atom stereocenters. The van der Waals surface area contributed by atoms with E-state index in [2.05, 4.69) is 26.1 Å². The summed E-state index contributed by atoms with van der Waals surface area (Å²) < 4.78 is 5.21. The van der Waals surface area contributed by atoms with Gasteiger partial charge >= 0.3 is 5.97 Å². The molecule has 1 heterocycles. The van der Waals surface area contributed by atoms with Crippen LogP contribution in [-0.2, 0) is 5.41 Å². The molecule has 0 bridgehead atoms. The summed E-state index contributed by atoms with van der Waals surface area (Å²) in [6.07, 6.45) is 0. The number of para-hydroxylation sites is 1. The molecule has 4 heteroatoms. The Morgan fingerprint density at radius 2 is 1.84 bits per heavy atom. The summed E-state index contributed by atoms with van der Waals surface area (Å²) >= 11 is 0. The third-order valence-corrected chi connectivity index (χ3v) is 2.81. The molecule has 1 aromatic heterocycles. The first kappa shape index (κ1) is 13.2. The smallest absolute Gasteiger partial charge is 0.371 e. The Kier molecular flexibility index (Phi) is 3.34. The van der Waals surface area contributed by atoms with Crippen LogP contribution in [0.4, 0.5) is 11.6 Å². The predicted octanol–water partition coefficient (Wildman–Crippen LogP) is 4.02. The zero-order valence-electron chi connectivity index (χ0n) is 11.2. The van der Waals surface area contributed by atoms with Gasteiger partial charge in [-0.15, -0.1) is 0 Å². The van der Waals surface area contributed by atoms with Gasteiger partial charge in [-0.2, -0.15) is 0 Å². The lowest BCUT2D eigenvalue weighted by molar-refractivity contribution is 0.0663. The van der Waals surface area contributed by atoms with Crippen molar-refractivity contribution in [3.8, 4) is 0 Å². The molecule has 0 atom stereocenters. The fourth-order valence-corrected chi connectivity index (χ4v) is 1.90. The lowest BCUT2D eigenvalue weighted by Crippen LogP contribution is -2.13. The third-order valence-electron chi connectivity index (χ3n) is 2.81. The maximum atomic E-state index is 10.8. The van der Waals surface area contributed by atoms with Crippen LogP contribution in [0.25, 0.3) is 0 Å². The lowest BCUT2D eigenvalue weighted by Gasteiger charge is -2.22. The Balaban J connectivity index is 2.30. The van der Waals surface area contributed by atoms with Crippen molar-refractivity contribution in [3.05, 3.63) is 47.7 Å².